The van der Waals surface area contributed by atoms with Gasteiger partial charge in [-0.1, -0.05) is 36.7 Å². The molecule has 5 nitrogen and oxygen atoms in total. The van der Waals surface area contributed by atoms with Crippen LogP contribution >= 0.6 is 11.6 Å². The minimum absolute atomic E-state index is 0.0663. The molecule has 23 heavy (non-hydrogen) atoms. The van der Waals surface area contributed by atoms with Crippen molar-refractivity contribution in [2.75, 3.05) is 5.32 Å². The zero-order valence-electron chi connectivity index (χ0n) is 12.3. The number of nitrogens with one attached hydrogen (secondary N) is 1. The second-order valence-electron chi connectivity index (χ2n) is 5.20. The van der Waals surface area contributed by atoms with Crippen molar-refractivity contribution in [2.45, 2.75) is 13.3 Å². The highest BCUT2D eigenvalue weighted by Crippen LogP contribution is 2.35. The van der Waals surface area contributed by atoms with Crippen LogP contribution in [0.15, 0.2) is 36.4 Å². The van der Waals surface area contributed by atoms with Crippen LogP contribution in [0.4, 0.5) is 11.4 Å². The van der Waals surface area contributed by atoms with Gasteiger partial charge in [-0.15, -0.1) is 0 Å². The van der Waals surface area contributed by atoms with Crippen LogP contribution in [-0.4, -0.2) is 10.8 Å². The van der Waals surface area contributed by atoms with Gasteiger partial charge in [0.2, 0.25) is 0 Å². The van der Waals surface area contributed by atoms with Gasteiger partial charge in [0.15, 0.2) is 0 Å². The fraction of sp³-hybridized carbons (Fsp3) is 0.118. The number of halogens is 1. The SMILES string of the molecule is CCc1ccc(/C=C2/C(=O)Nc3cc(Cl)ccc32)cc1[N+](=O)[O-]. The Morgan fingerprint density at radius 1 is 1.26 bits per heavy atom. The maximum Gasteiger partial charge on any atom is 0.273 e. The van der Waals surface area contributed by atoms with E-state index in [1.807, 2.05) is 6.92 Å². The topological polar surface area (TPSA) is 72.2 Å². The number of amides is 1. The number of nitro groups is 1. The van der Waals surface area contributed by atoms with Crippen LogP contribution in [0.1, 0.15) is 23.6 Å². The molecule has 0 saturated carbocycles. The monoisotopic (exact) mass is 328 g/mol. The predicted octanol–water partition coefficient (Wildman–Crippen LogP) is 4.30. The molecule has 6 heteroatoms. The van der Waals surface area contributed by atoms with Gasteiger partial charge in [-0.25, -0.2) is 0 Å². The Morgan fingerprint density at radius 3 is 2.74 bits per heavy atom. The summed E-state index contributed by atoms with van der Waals surface area (Å²) in [5.74, 6) is -0.246. The number of rotatable bonds is 3. The summed E-state index contributed by atoms with van der Waals surface area (Å²) in [4.78, 5) is 22.9. The normalized spacial score (nSPS) is 14.7. The Morgan fingerprint density at radius 2 is 2.04 bits per heavy atom. The van der Waals surface area contributed by atoms with Gasteiger partial charge < -0.3 is 5.32 Å². The first kappa shape index (κ1) is 15.2. The van der Waals surface area contributed by atoms with E-state index in [4.69, 9.17) is 11.6 Å². The van der Waals surface area contributed by atoms with E-state index in [2.05, 4.69) is 5.32 Å². The third-order valence-electron chi connectivity index (χ3n) is 3.76. The number of aryl methyl sites for hydroxylation is 1. The van der Waals surface area contributed by atoms with E-state index in [1.54, 1.807) is 36.4 Å². The van der Waals surface area contributed by atoms with E-state index >= 15 is 0 Å². The average molecular weight is 329 g/mol. The highest BCUT2D eigenvalue weighted by molar-refractivity contribution is 6.36. The molecule has 0 saturated heterocycles. The number of fused-ring (bicyclic) bond motifs is 1. The minimum Gasteiger partial charge on any atom is -0.321 e. The highest BCUT2D eigenvalue weighted by atomic mass is 35.5. The molecule has 0 atom stereocenters. The van der Waals surface area contributed by atoms with Crippen LogP contribution in [0.5, 0.6) is 0 Å². The van der Waals surface area contributed by atoms with Crippen molar-refractivity contribution in [3.05, 3.63) is 68.2 Å². The van der Waals surface area contributed by atoms with E-state index < -0.39 is 4.92 Å². The number of hydrogen-bond donors (Lipinski definition) is 1. The lowest BCUT2D eigenvalue weighted by Gasteiger charge is -2.03. The molecule has 0 bridgehead atoms. The molecule has 0 aromatic heterocycles. The number of nitro benzene ring substituents is 1. The summed E-state index contributed by atoms with van der Waals surface area (Å²) in [6.07, 6.45) is 2.23. The Hall–Kier alpha value is -2.66. The van der Waals surface area contributed by atoms with Crippen molar-refractivity contribution in [1.82, 2.24) is 0 Å². The Labute approximate surface area is 137 Å². The molecule has 1 N–H and O–H groups in total. The van der Waals surface area contributed by atoms with Crippen molar-refractivity contribution >= 4 is 40.5 Å². The number of carbonyl (C=O) groups is 1. The highest BCUT2D eigenvalue weighted by Gasteiger charge is 2.24. The van der Waals surface area contributed by atoms with E-state index in [0.717, 1.165) is 5.56 Å². The number of anilines is 1. The molecule has 1 amide bonds. The van der Waals surface area contributed by atoms with Crippen LogP contribution < -0.4 is 5.32 Å². The molecule has 2 aromatic rings. The quantitative estimate of drug-likeness (QED) is 0.518. The molecule has 116 valence electrons. The third kappa shape index (κ3) is 2.83. The van der Waals surface area contributed by atoms with Gasteiger partial charge in [-0.05, 0) is 30.2 Å². The van der Waals surface area contributed by atoms with Crippen molar-refractivity contribution in [2.24, 2.45) is 0 Å². The number of nitrogens with zero attached hydrogens (tertiary/aromatic N) is 1. The fourth-order valence-corrected chi connectivity index (χ4v) is 2.79. The average Bonchev–Trinajstić information content (AvgIpc) is 2.82. The number of carbonyl (C=O) groups excluding carboxylic acids is 1. The van der Waals surface area contributed by atoms with Gasteiger partial charge >= 0.3 is 0 Å². The van der Waals surface area contributed by atoms with E-state index in [0.29, 0.717) is 33.8 Å². The zero-order chi connectivity index (χ0) is 16.6. The van der Waals surface area contributed by atoms with Gasteiger partial charge in [0.05, 0.1) is 10.6 Å². The van der Waals surface area contributed by atoms with Gasteiger partial charge in [0.1, 0.15) is 0 Å². The molecule has 2 aromatic carbocycles. The number of benzene rings is 2. The smallest absolute Gasteiger partial charge is 0.273 e. The van der Waals surface area contributed by atoms with E-state index in [9.17, 15) is 14.9 Å². The summed E-state index contributed by atoms with van der Waals surface area (Å²) in [6.45, 7) is 1.87. The molecule has 0 aliphatic carbocycles. The molecule has 1 aliphatic rings. The molecule has 0 fully saturated rings. The summed E-state index contributed by atoms with van der Waals surface area (Å²) in [7, 11) is 0. The van der Waals surface area contributed by atoms with Crippen LogP contribution in [0.25, 0.3) is 11.6 Å². The summed E-state index contributed by atoms with van der Waals surface area (Å²) >= 11 is 5.92. The largest absolute Gasteiger partial charge is 0.321 e. The first-order chi connectivity index (χ1) is 11.0. The van der Waals surface area contributed by atoms with Crippen molar-refractivity contribution in [3.8, 4) is 0 Å². The molecular weight excluding hydrogens is 316 g/mol. The lowest BCUT2D eigenvalue weighted by atomic mass is 10.0. The van der Waals surface area contributed by atoms with E-state index in [-0.39, 0.29) is 11.6 Å². The first-order valence-electron chi connectivity index (χ1n) is 7.10. The molecule has 3 rings (SSSR count). The fourth-order valence-electron chi connectivity index (χ4n) is 2.62. The summed E-state index contributed by atoms with van der Waals surface area (Å²) < 4.78 is 0. The lowest BCUT2D eigenvalue weighted by molar-refractivity contribution is -0.385. The van der Waals surface area contributed by atoms with Crippen molar-refractivity contribution < 1.29 is 9.72 Å². The molecule has 0 spiro atoms. The first-order valence-corrected chi connectivity index (χ1v) is 7.47. The summed E-state index contributed by atoms with van der Waals surface area (Å²) in [5.41, 5.74) is 3.20. The molecule has 1 heterocycles. The Balaban J connectivity index is 2.08. The van der Waals surface area contributed by atoms with Crippen LogP contribution in [0.3, 0.4) is 0 Å². The summed E-state index contributed by atoms with van der Waals surface area (Å²) in [5, 5.41) is 14.4. The molecular formula is C17H13ClN2O3. The van der Waals surface area contributed by atoms with Crippen LogP contribution in [0, 0.1) is 10.1 Å². The number of hydrogen-bond acceptors (Lipinski definition) is 3. The van der Waals surface area contributed by atoms with Gasteiger partial charge in [0, 0.05) is 27.8 Å². The minimum atomic E-state index is -0.400. The van der Waals surface area contributed by atoms with Crippen molar-refractivity contribution in [3.63, 3.8) is 0 Å². The van der Waals surface area contributed by atoms with Crippen molar-refractivity contribution in [1.29, 1.82) is 0 Å². The molecule has 0 unspecified atom stereocenters. The maximum atomic E-state index is 12.1. The van der Waals surface area contributed by atoms with Crippen LogP contribution in [0.2, 0.25) is 5.02 Å². The predicted molar refractivity (Wildman–Crippen MR) is 90.4 cm³/mol. The van der Waals surface area contributed by atoms with Gasteiger partial charge in [-0.3, -0.25) is 14.9 Å². The lowest BCUT2D eigenvalue weighted by Crippen LogP contribution is -2.03. The Kier molecular flexibility index (Phi) is 3.88. The standard InChI is InChI=1S/C17H13ClN2O3/c1-2-11-4-3-10(8-16(11)20(22)23)7-14-13-6-5-12(18)9-15(13)19-17(14)21/h3-9H,2H2,1H3,(H,19,21)/b14-7+. The van der Waals surface area contributed by atoms with E-state index in [1.165, 1.54) is 6.07 Å². The maximum absolute atomic E-state index is 12.1. The Bertz CT molecular complexity index is 859. The molecule has 0 radical (unpaired) electrons. The third-order valence-corrected chi connectivity index (χ3v) is 4.00. The second-order valence-corrected chi connectivity index (χ2v) is 5.64. The molecule has 1 aliphatic heterocycles. The zero-order valence-corrected chi connectivity index (χ0v) is 13.1. The second kappa shape index (κ2) is 5.85. The van der Waals surface area contributed by atoms with Gasteiger partial charge in [-0.2, -0.15) is 0 Å². The van der Waals surface area contributed by atoms with Gasteiger partial charge in [0.25, 0.3) is 11.6 Å². The summed E-state index contributed by atoms with van der Waals surface area (Å²) in [6, 6.07) is 10.1. The van der Waals surface area contributed by atoms with Crippen LogP contribution in [-0.2, 0) is 11.2 Å².